The van der Waals surface area contributed by atoms with Gasteiger partial charge in [-0.05, 0) is 25.8 Å². The fourth-order valence-electron chi connectivity index (χ4n) is 3.89. The highest BCUT2D eigenvalue weighted by Crippen LogP contribution is 2.18. The number of aromatic nitrogens is 1. The van der Waals surface area contributed by atoms with Gasteiger partial charge in [-0.15, -0.1) is 0 Å². The molecule has 0 saturated carbocycles. The molecule has 2 fully saturated rings. The number of rotatable bonds is 6. The molecule has 2 aliphatic rings. The van der Waals surface area contributed by atoms with Crippen molar-refractivity contribution in [3.05, 3.63) is 18.0 Å². The zero-order valence-corrected chi connectivity index (χ0v) is 15.3. The Balaban J connectivity index is 1.33. The molecule has 2 saturated heterocycles. The normalized spacial score (nSPS) is 22.9. The first-order chi connectivity index (χ1) is 12.3. The summed E-state index contributed by atoms with van der Waals surface area (Å²) in [7, 11) is 0. The molecule has 1 N–H and O–H groups in total. The lowest BCUT2D eigenvalue weighted by atomic mass is 10.0. The third kappa shape index (κ3) is 5.19. The zero-order valence-electron chi connectivity index (χ0n) is 15.3. The summed E-state index contributed by atoms with van der Waals surface area (Å²) in [5.41, 5.74) is 0.949. The number of carbonyl (C=O) groups excluding carboxylic acids is 1. The van der Waals surface area contributed by atoms with Crippen LogP contribution in [0.2, 0.25) is 0 Å². The molecule has 0 aromatic carbocycles. The Labute approximate surface area is 150 Å². The van der Waals surface area contributed by atoms with Crippen molar-refractivity contribution in [2.45, 2.75) is 45.2 Å². The van der Waals surface area contributed by atoms with Gasteiger partial charge in [0.25, 0.3) is 0 Å². The van der Waals surface area contributed by atoms with Crippen molar-refractivity contribution in [1.29, 1.82) is 0 Å². The average Bonchev–Trinajstić information content (AvgIpc) is 3.15. The maximum Gasteiger partial charge on any atom is 0.317 e. The molecule has 25 heavy (non-hydrogen) atoms. The Bertz CT molecular complexity index is 514. The van der Waals surface area contributed by atoms with Crippen molar-refractivity contribution in [1.82, 2.24) is 25.2 Å². The number of amides is 2. The van der Waals surface area contributed by atoms with Gasteiger partial charge in [0, 0.05) is 57.9 Å². The van der Waals surface area contributed by atoms with E-state index in [1.165, 1.54) is 32.2 Å². The van der Waals surface area contributed by atoms with Crippen LogP contribution in [0.4, 0.5) is 4.79 Å². The summed E-state index contributed by atoms with van der Waals surface area (Å²) in [5, 5.41) is 7.05. The first-order valence-corrected chi connectivity index (χ1v) is 9.64. The van der Waals surface area contributed by atoms with E-state index in [0.717, 1.165) is 51.5 Å². The molecule has 140 valence electrons. The molecule has 3 heterocycles. The first-order valence-electron chi connectivity index (χ1n) is 9.64. The Kier molecular flexibility index (Phi) is 6.69. The van der Waals surface area contributed by atoms with E-state index in [1.54, 1.807) is 6.26 Å². The summed E-state index contributed by atoms with van der Waals surface area (Å²) in [6.07, 6.45) is 6.75. The third-order valence-corrected chi connectivity index (χ3v) is 5.43. The molecule has 7 heteroatoms. The number of piperazine rings is 1. The van der Waals surface area contributed by atoms with Gasteiger partial charge in [0.1, 0.15) is 6.26 Å². The van der Waals surface area contributed by atoms with E-state index in [0.29, 0.717) is 6.04 Å². The molecule has 1 atom stereocenters. The fraction of sp³-hybridized carbons (Fsp3) is 0.778. The number of nitrogens with zero attached hydrogens (tertiary/aromatic N) is 4. The summed E-state index contributed by atoms with van der Waals surface area (Å²) in [6.45, 7) is 9.24. The molecule has 0 bridgehead atoms. The van der Waals surface area contributed by atoms with Crippen molar-refractivity contribution in [2.75, 3.05) is 45.8 Å². The molecular formula is C18H31N5O2. The predicted molar refractivity (Wildman–Crippen MR) is 96.3 cm³/mol. The molecule has 7 nitrogen and oxygen atoms in total. The lowest BCUT2D eigenvalue weighted by Crippen LogP contribution is -2.52. The van der Waals surface area contributed by atoms with E-state index < -0.39 is 0 Å². The molecule has 2 amide bonds. The number of urea groups is 1. The van der Waals surface area contributed by atoms with Crippen LogP contribution in [0.15, 0.2) is 16.9 Å². The number of piperidine rings is 1. The average molecular weight is 349 g/mol. The summed E-state index contributed by atoms with van der Waals surface area (Å²) in [4.78, 5) is 19.1. The molecule has 1 aromatic heterocycles. The van der Waals surface area contributed by atoms with E-state index in [2.05, 4.69) is 27.2 Å². The number of carbonyl (C=O) groups is 1. The van der Waals surface area contributed by atoms with Crippen LogP contribution in [0.25, 0.3) is 0 Å². The summed E-state index contributed by atoms with van der Waals surface area (Å²) >= 11 is 0. The van der Waals surface area contributed by atoms with Gasteiger partial charge in [-0.25, -0.2) is 4.79 Å². The van der Waals surface area contributed by atoms with Crippen LogP contribution in [0.5, 0.6) is 0 Å². The van der Waals surface area contributed by atoms with E-state index in [1.807, 2.05) is 11.0 Å². The molecule has 0 aliphatic carbocycles. The Morgan fingerprint density at radius 3 is 2.84 bits per heavy atom. The van der Waals surface area contributed by atoms with Crippen LogP contribution < -0.4 is 5.32 Å². The maximum atomic E-state index is 12.4. The third-order valence-electron chi connectivity index (χ3n) is 5.43. The molecule has 2 aliphatic heterocycles. The van der Waals surface area contributed by atoms with Crippen LogP contribution in [-0.4, -0.2) is 77.7 Å². The number of nitrogens with one attached hydrogen (secondary N) is 1. The summed E-state index contributed by atoms with van der Waals surface area (Å²) in [5.74, 6) is 0. The molecule has 0 spiro atoms. The fourth-order valence-corrected chi connectivity index (χ4v) is 3.89. The highest BCUT2D eigenvalue weighted by molar-refractivity contribution is 5.74. The highest BCUT2D eigenvalue weighted by Gasteiger charge is 2.23. The standard InChI is InChI=1S/C18H31N5O2/c1-2-17-5-3-4-8-22(17)9-7-19-18(24)23-12-10-21(11-13-23)15-16-6-14-25-20-16/h6,14,17H,2-5,7-13,15H2,1H3,(H,19,24)/t17-/m0/s1. The SMILES string of the molecule is CC[C@H]1CCCCN1CCNC(=O)N1CCN(Cc2ccon2)CC1. The van der Waals surface area contributed by atoms with Crippen LogP contribution in [0.1, 0.15) is 38.3 Å². The topological polar surface area (TPSA) is 64.9 Å². The van der Waals surface area contributed by atoms with Crippen LogP contribution in [0.3, 0.4) is 0 Å². The number of hydrogen-bond donors (Lipinski definition) is 1. The quantitative estimate of drug-likeness (QED) is 0.848. The van der Waals surface area contributed by atoms with Gasteiger partial charge in [-0.2, -0.15) is 0 Å². The van der Waals surface area contributed by atoms with Gasteiger partial charge in [-0.1, -0.05) is 18.5 Å². The second-order valence-corrected chi connectivity index (χ2v) is 7.08. The van der Waals surface area contributed by atoms with E-state index >= 15 is 0 Å². The monoisotopic (exact) mass is 349 g/mol. The van der Waals surface area contributed by atoms with Gasteiger partial charge in [-0.3, -0.25) is 9.80 Å². The van der Waals surface area contributed by atoms with Gasteiger partial charge in [0.05, 0.1) is 5.69 Å². The van der Waals surface area contributed by atoms with Crippen LogP contribution in [0, 0.1) is 0 Å². The first kappa shape index (κ1) is 18.2. The van der Waals surface area contributed by atoms with Gasteiger partial charge in [0.15, 0.2) is 0 Å². The Hall–Kier alpha value is -1.60. The second kappa shape index (κ2) is 9.20. The molecule has 0 radical (unpaired) electrons. The zero-order chi connectivity index (χ0) is 17.5. The summed E-state index contributed by atoms with van der Waals surface area (Å²) in [6, 6.07) is 2.67. The smallest absolute Gasteiger partial charge is 0.317 e. The number of hydrogen-bond acceptors (Lipinski definition) is 5. The maximum absolute atomic E-state index is 12.4. The van der Waals surface area contributed by atoms with E-state index in [4.69, 9.17) is 4.52 Å². The van der Waals surface area contributed by atoms with Crippen molar-refractivity contribution < 1.29 is 9.32 Å². The van der Waals surface area contributed by atoms with Crippen LogP contribution in [-0.2, 0) is 6.54 Å². The Morgan fingerprint density at radius 2 is 2.12 bits per heavy atom. The minimum Gasteiger partial charge on any atom is -0.364 e. The van der Waals surface area contributed by atoms with Crippen molar-refractivity contribution >= 4 is 6.03 Å². The largest absolute Gasteiger partial charge is 0.364 e. The van der Waals surface area contributed by atoms with E-state index in [-0.39, 0.29) is 6.03 Å². The van der Waals surface area contributed by atoms with Crippen molar-refractivity contribution in [2.24, 2.45) is 0 Å². The Morgan fingerprint density at radius 1 is 1.28 bits per heavy atom. The highest BCUT2D eigenvalue weighted by atomic mass is 16.5. The minimum atomic E-state index is 0.0751. The molecular weight excluding hydrogens is 318 g/mol. The van der Waals surface area contributed by atoms with E-state index in [9.17, 15) is 4.79 Å². The van der Waals surface area contributed by atoms with Gasteiger partial charge in [0.2, 0.25) is 0 Å². The lowest BCUT2D eigenvalue weighted by molar-refractivity contribution is 0.127. The van der Waals surface area contributed by atoms with Gasteiger partial charge >= 0.3 is 6.03 Å². The second-order valence-electron chi connectivity index (χ2n) is 7.08. The van der Waals surface area contributed by atoms with Crippen molar-refractivity contribution in [3.63, 3.8) is 0 Å². The molecule has 0 unspecified atom stereocenters. The van der Waals surface area contributed by atoms with Crippen molar-refractivity contribution in [3.8, 4) is 0 Å². The lowest BCUT2D eigenvalue weighted by Gasteiger charge is -2.36. The molecule has 1 aromatic rings. The predicted octanol–water partition coefficient (Wildman–Crippen LogP) is 1.77. The van der Waals surface area contributed by atoms with Gasteiger partial charge < -0.3 is 14.7 Å². The summed E-state index contributed by atoms with van der Waals surface area (Å²) < 4.78 is 4.87. The minimum absolute atomic E-state index is 0.0751. The number of likely N-dealkylation sites (tertiary alicyclic amines) is 1. The molecule has 3 rings (SSSR count). The van der Waals surface area contributed by atoms with Crippen LogP contribution >= 0.6 is 0 Å².